The molecular weight excluding hydrogens is 272 g/mol. The molecule has 116 valence electrons. The number of hydrogen-bond acceptors (Lipinski definition) is 4. The summed E-state index contributed by atoms with van der Waals surface area (Å²) >= 11 is 0. The first-order valence-electron chi connectivity index (χ1n) is 7.20. The highest BCUT2D eigenvalue weighted by Gasteiger charge is 2.32. The van der Waals surface area contributed by atoms with Gasteiger partial charge in [0, 0.05) is 6.20 Å². The second-order valence-corrected chi connectivity index (χ2v) is 6.12. The number of hydrogen-bond donors (Lipinski definition) is 2. The predicted molar refractivity (Wildman–Crippen MR) is 78.6 cm³/mol. The lowest BCUT2D eigenvalue weighted by atomic mass is 10.1. The molecule has 0 spiro atoms. The van der Waals surface area contributed by atoms with E-state index >= 15 is 0 Å². The van der Waals surface area contributed by atoms with Gasteiger partial charge < -0.3 is 14.5 Å². The van der Waals surface area contributed by atoms with Crippen molar-refractivity contribution in [3.63, 3.8) is 0 Å². The zero-order valence-corrected chi connectivity index (χ0v) is 12.9. The second-order valence-electron chi connectivity index (χ2n) is 6.12. The molecule has 0 saturated heterocycles. The highest BCUT2D eigenvalue weighted by molar-refractivity contribution is 5.99. The molecule has 1 aromatic rings. The van der Waals surface area contributed by atoms with Crippen molar-refractivity contribution in [2.75, 3.05) is 11.9 Å². The van der Waals surface area contributed by atoms with Gasteiger partial charge in [-0.1, -0.05) is 0 Å². The van der Waals surface area contributed by atoms with Crippen LogP contribution in [0.3, 0.4) is 0 Å². The Morgan fingerprint density at radius 3 is 2.57 bits per heavy atom. The van der Waals surface area contributed by atoms with Crippen molar-refractivity contribution < 1.29 is 19.1 Å². The zero-order chi connectivity index (χ0) is 15.6. The van der Waals surface area contributed by atoms with E-state index in [4.69, 9.17) is 9.47 Å². The minimum atomic E-state index is -0.593. The van der Waals surface area contributed by atoms with Gasteiger partial charge in [0.25, 0.3) is 0 Å². The smallest absolute Gasteiger partial charge is 0.412 e. The summed E-state index contributed by atoms with van der Waals surface area (Å²) in [6.45, 7) is 7.39. The number of carbonyl (C=O) groups is 2. The molecule has 0 unspecified atom stereocenters. The lowest BCUT2D eigenvalue weighted by molar-refractivity contribution is 0.0521. The first-order valence-corrected chi connectivity index (χ1v) is 7.20. The van der Waals surface area contributed by atoms with Gasteiger partial charge in [-0.05, 0) is 52.0 Å². The van der Waals surface area contributed by atoms with E-state index in [2.05, 4.69) is 10.3 Å². The SMILES string of the molecule is CCOC(=O)c1[nH]cc(C2CC2)c1NC(=O)OC(C)(C)C. The summed E-state index contributed by atoms with van der Waals surface area (Å²) in [4.78, 5) is 26.8. The van der Waals surface area contributed by atoms with Gasteiger partial charge in [0.1, 0.15) is 11.3 Å². The highest BCUT2D eigenvalue weighted by Crippen LogP contribution is 2.44. The number of aromatic amines is 1. The Balaban J connectivity index is 2.20. The average Bonchev–Trinajstić information content (AvgIpc) is 3.09. The Labute approximate surface area is 124 Å². The van der Waals surface area contributed by atoms with Crippen LogP contribution in [0.1, 0.15) is 62.5 Å². The molecule has 0 radical (unpaired) electrons. The molecule has 2 rings (SSSR count). The van der Waals surface area contributed by atoms with E-state index in [9.17, 15) is 9.59 Å². The van der Waals surface area contributed by atoms with Crippen LogP contribution in [0.25, 0.3) is 0 Å². The molecule has 1 heterocycles. The van der Waals surface area contributed by atoms with Gasteiger partial charge in [-0.15, -0.1) is 0 Å². The van der Waals surface area contributed by atoms with E-state index in [0.29, 0.717) is 11.6 Å². The molecule has 1 saturated carbocycles. The van der Waals surface area contributed by atoms with E-state index in [1.54, 1.807) is 33.9 Å². The van der Waals surface area contributed by atoms with Crippen LogP contribution in [0, 0.1) is 0 Å². The third-order valence-corrected chi connectivity index (χ3v) is 3.03. The summed E-state index contributed by atoms with van der Waals surface area (Å²) < 4.78 is 10.2. The summed E-state index contributed by atoms with van der Waals surface area (Å²) in [6.07, 6.45) is 3.30. The Bertz CT molecular complexity index is 538. The minimum Gasteiger partial charge on any atom is -0.461 e. The number of carbonyl (C=O) groups excluding carboxylic acids is 2. The summed E-state index contributed by atoms with van der Waals surface area (Å²) in [5.41, 5.74) is 1.09. The fourth-order valence-corrected chi connectivity index (χ4v) is 2.06. The first kappa shape index (κ1) is 15.4. The van der Waals surface area contributed by atoms with Crippen molar-refractivity contribution >= 4 is 17.7 Å². The molecule has 6 nitrogen and oxygen atoms in total. The van der Waals surface area contributed by atoms with E-state index in [1.807, 2.05) is 0 Å². The Hall–Kier alpha value is -1.98. The van der Waals surface area contributed by atoms with Gasteiger partial charge >= 0.3 is 12.1 Å². The molecule has 0 bridgehead atoms. The number of esters is 1. The maximum Gasteiger partial charge on any atom is 0.412 e. The highest BCUT2D eigenvalue weighted by atomic mass is 16.6. The van der Waals surface area contributed by atoms with Gasteiger partial charge in [0.15, 0.2) is 0 Å². The number of H-pyrrole nitrogens is 1. The van der Waals surface area contributed by atoms with Crippen molar-refractivity contribution in [3.05, 3.63) is 17.5 Å². The fourth-order valence-electron chi connectivity index (χ4n) is 2.06. The Kier molecular flexibility index (Phi) is 4.25. The van der Waals surface area contributed by atoms with Crippen molar-refractivity contribution in [2.45, 2.75) is 52.1 Å². The molecule has 0 atom stereocenters. The third-order valence-electron chi connectivity index (χ3n) is 3.03. The zero-order valence-electron chi connectivity index (χ0n) is 12.9. The quantitative estimate of drug-likeness (QED) is 0.834. The molecular formula is C15H22N2O4. The Morgan fingerprint density at radius 2 is 2.05 bits per heavy atom. The van der Waals surface area contributed by atoms with Crippen LogP contribution in [0.2, 0.25) is 0 Å². The van der Waals surface area contributed by atoms with Crippen LogP contribution in [-0.2, 0) is 9.47 Å². The number of ether oxygens (including phenoxy) is 2. The molecule has 1 fully saturated rings. The fraction of sp³-hybridized carbons (Fsp3) is 0.600. The summed E-state index contributed by atoms with van der Waals surface area (Å²) in [5, 5.41) is 2.68. The van der Waals surface area contributed by atoms with Crippen molar-refractivity contribution in [1.29, 1.82) is 0 Å². The number of rotatable bonds is 4. The van der Waals surface area contributed by atoms with Gasteiger partial charge in [-0.2, -0.15) is 0 Å². The van der Waals surface area contributed by atoms with Crippen LogP contribution in [0.5, 0.6) is 0 Å². The number of amides is 1. The van der Waals surface area contributed by atoms with Crippen molar-refractivity contribution in [3.8, 4) is 0 Å². The largest absolute Gasteiger partial charge is 0.461 e. The van der Waals surface area contributed by atoms with E-state index < -0.39 is 17.7 Å². The summed E-state index contributed by atoms with van der Waals surface area (Å²) in [7, 11) is 0. The lowest BCUT2D eigenvalue weighted by Gasteiger charge is -2.20. The molecule has 21 heavy (non-hydrogen) atoms. The monoisotopic (exact) mass is 294 g/mol. The maximum absolute atomic E-state index is 12.0. The molecule has 1 aliphatic carbocycles. The van der Waals surface area contributed by atoms with Gasteiger partial charge in [0.2, 0.25) is 0 Å². The number of anilines is 1. The Morgan fingerprint density at radius 1 is 1.38 bits per heavy atom. The van der Waals surface area contributed by atoms with Crippen molar-refractivity contribution in [2.24, 2.45) is 0 Å². The maximum atomic E-state index is 12.0. The molecule has 2 N–H and O–H groups in total. The van der Waals surface area contributed by atoms with Gasteiger partial charge in [-0.25, -0.2) is 9.59 Å². The standard InChI is InChI=1S/C15H22N2O4/c1-5-20-13(18)12-11(10(8-16-12)9-6-7-9)17-14(19)21-15(2,3)4/h8-9,16H,5-7H2,1-4H3,(H,17,19). The van der Waals surface area contributed by atoms with E-state index in [1.165, 1.54) is 0 Å². The average molecular weight is 294 g/mol. The third kappa shape index (κ3) is 4.00. The van der Waals surface area contributed by atoms with E-state index in [0.717, 1.165) is 18.4 Å². The summed E-state index contributed by atoms with van der Waals surface area (Å²) in [6, 6.07) is 0. The molecule has 0 aliphatic heterocycles. The van der Waals surface area contributed by atoms with Crippen LogP contribution >= 0.6 is 0 Å². The first-order chi connectivity index (χ1) is 9.81. The molecule has 6 heteroatoms. The topological polar surface area (TPSA) is 80.4 Å². The van der Waals surface area contributed by atoms with Crippen LogP contribution < -0.4 is 5.32 Å². The number of aromatic nitrogens is 1. The van der Waals surface area contributed by atoms with Crippen LogP contribution in [-0.4, -0.2) is 29.3 Å². The molecule has 1 aliphatic rings. The molecule has 1 aromatic heterocycles. The van der Waals surface area contributed by atoms with Gasteiger partial charge in [0.05, 0.1) is 12.3 Å². The molecule has 0 aromatic carbocycles. The normalized spacial score (nSPS) is 14.7. The lowest BCUT2D eigenvalue weighted by Crippen LogP contribution is -2.28. The van der Waals surface area contributed by atoms with Crippen molar-refractivity contribution in [1.82, 2.24) is 4.98 Å². The predicted octanol–water partition coefficient (Wildman–Crippen LogP) is 3.42. The van der Waals surface area contributed by atoms with E-state index in [-0.39, 0.29) is 12.3 Å². The van der Waals surface area contributed by atoms with Crippen LogP contribution in [0.15, 0.2) is 6.20 Å². The van der Waals surface area contributed by atoms with Crippen LogP contribution in [0.4, 0.5) is 10.5 Å². The second kappa shape index (κ2) is 5.79. The minimum absolute atomic E-state index is 0.268. The van der Waals surface area contributed by atoms with Gasteiger partial charge in [-0.3, -0.25) is 5.32 Å². The molecule has 1 amide bonds. The number of nitrogens with one attached hydrogen (secondary N) is 2. The summed E-state index contributed by atoms with van der Waals surface area (Å²) in [5.74, 6) is -0.0928.